The molecule has 1 amide bonds. The summed E-state index contributed by atoms with van der Waals surface area (Å²) in [6.07, 6.45) is 1.12. The number of pyridine rings is 1. The van der Waals surface area contributed by atoms with Crippen LogP contribution in [0.3, 0.4) is 0 Å². The topological polar surface area (TPSA) is 51.2 Å². The smallest absolute Gasteiger partial charge is 0.388 e. The highest BCUT2D eigenvalue weighted by Crippen LogP contribution is 2.21. The van der Waals surface area contributed by atoms with Gasteiger partial charge in [0.05, 0.1) is 5.02 Å². The number of halogens is 3. The van der Waals surface area contributed by atoms with Gasteiger partial charge < -0.3 is 10.1 Å². The van der Waals surface area contributed by atoms with Crippen molar-refractivity contribution in [1.29, 1.82) is 0 Å². The van der Waals surface area contributed by atoms with E-state index in [1.165, 1.54) is 13.1 Å². The standard InChI is InChI=1S/C8H7ClF2N2O2/c1-12-6(14)5-2-4(9)3-13-7(5)15-8(10)11/h2-3,8H,1H3,(H,12,14). The van der Waals surface area contributed by atoms with E-state index >= 15 is 0 Å². The second-order valence-electron chi connectivity index (χ2n) is 2.46. The lowest BCUT2D eigenvalue weighted by Gasteiger charge is -2.08. The molecule has 0 aliphatic heterocycles. The van der Waals surface area contributed by atoms with Crippen LogP contribution in [0.25, 0.3) is 0 Å². The third-order valence-electron chi connectivity index (χ3n) is 1.49. The summed E-state index contributed by atoms with van der Waals surface area (Å²) in [5.41, 5.74) is -0.134. The van der Waals surface area contributed by atoms with Crippen LogP contribution in [-0.2, 0) is 0 Å². The Balaban J connectivity index is 3.08. The van der Waals surface area contributed by atoms with Crippen molar-refractivity contribution in [2.24, 2.45) is 0 Å². The summed E-state index contributed by atoms with van der Waals surface area (Å²) in [4.78, 5) is 14.7. The molecule has 0 aliphatic rings. The molecule has 0 aromatic carbocycles. The minimum atomic E-state index is -3.04. The van der Waals surface area contributed by atoms with Crippen LogP contribution < -0.4 is 10.1 Å². The number of alkyl halides is 2. The lowest BCUT2D eigenvalue weighted by atomic mass is 10.2. The van der Waals surface area contributed by atoms with E-state index in [0.29, 0.717) is 0 Å². The molecule has 4 nitrogen and oxygen atoms in total. The fraction of sp³-hybridized carbons (Fsp3) is 0.250. The second kappa shape index (κ2) is 4.88. The Labute approximate surface area is 89.2 Å². The number of nitrogens with zero attached hydrogens (tertiary/aromatic N) is 1. The van der Waals surface area contributed by atoms with Crippen LogP contribution in [-0.4, -0.2) is 24.6 Å². The third kappa shape index (κ3) is 3.02. The van der Waals surface area contributed by atoms with Crippen LogP contribution in [0, 0.1) is 0 Å². The van der Waals surface area contributed by atoms with Gasteiger partial charge in [0.15, 0.2) is 0 Å². The summed E-state index contributed by atoms with van der Waals surface area (Å²) < 4.78 is 27.9. The van der Waals surface area contributed by atoms with E-state index < -0.39 is 18.4 Å². The van der Waals surface area contributed by atoms with Crippen molar-refractivity contribution < 1.29 is 18.3 Å². The van der Waals surface area contributed by atoms with Gasteiger partial charge in [0.25, 0.3) is 5.91 Å². The van der Waals surface area contributed by atoms with E-state index in [-0.39, 0.29) is 10.6 Å². The Morgan fingerprint density at radius 3 is 2.87 bits per heavy atom. The molecule has 7 heteroatoms. The van der Waals surface area contributed by atoms with Crippen molar-refractivity contribution in [3.05, 3.63) is 22.8 Å². The molecule has 0 saturated heterocycles. The molecule has 0 fully saturated rings. The minimum Gasteiger partial charge on any atom is -0.416 e. The predicted molar refractivity (Wildman–Crippen MR) is 49.3 cm³/mol. The maximum Gasteiger partial charge on any atom is 0.388 e. The molecule has 0 atom stereocenters. The lowest BCUT2D eigenvalue weighted by Crippen LogP contribution is -2.20. The van der Waals surface area contributed by atoms with E-state index in [9.17, 15) is 13.6 Å². The number of aromatic nitrogens is 1. The van der Waals surface area contributed by atoms with Crippen molar-refractivity contribution in [2.75, 3.05) is 7.05 Å². The highest BCUT2D eigenvalue weighted by Gasteiger charge is 2.16. The molecule has 1 aromatic rings. The van der Waals surface area contributed by atoms with Crippen LogP contribution in [0.15, 0.2) is 12.3 Å². The summed E-state index contributed by atoms with van der Waals surface area (Å²) in [5.74, 6) is -1.05. The van der Waals surface area contributed by atoms with Crippen molar-refractivity contribution in [1.82, 2.24) is 10.3 Å². The van der Waals surface area contributed by atoms with E-state index in [0.717, 1.165) is 6.20 Å². The van der Waals surface area contributed by atoms with Gasteiger partial charge in [0, 0.05) is 13.2 Å². The number of nitrogens with one attached hydrogen (secondary N) is 1. The Bertz CT molecular complexity index is 374. The van der Waals surface area contributed by atoms with Crippen molar-refractivity contribution in [3.8, 4) is 5.88 Å². The Morgan fingerprint density at radius 2 is 2.33 bits per heavy atom. The zero-order valence-electron chi connectivity index (χ0n) is 7.63. The van der Waals surface area contributed by atoms with E-state index in [1.807, 2.05) is 0 Å². The summed E-state index contributed by atoms with van der Waals surface area (Å²) in [5, 5.41) is 2.42. The summed E-state index contributed by atoms with van der Waals surface area (Å²) >= 11 is 5.57. The molecule has 15 heavy (non-hydrogen) atoms. The molecule has 82 valence electrons. The maximum atomic E-state index is 11.9. The number of hydrogen-bond donors (Lipinski definition) is 1. The van der Waals surface area contributed by atoms with E-state index in [2.05, 4.69) is 15.0 Å². The minimum absolute atomic E-state index is 0.134. The Kier molecular flexibility index (Phi) is 3.79. The Morgan fingerprint density at radius 1 is 1.67 bits per heavy atom. The number of amides is 1. The van der Waals surface area contributed by atoms with Gasteiger partial charge in [-0.1, -0.05) is 11.6 Å². The van der Waals surface area contributed by atoms with Crippen LogP contribution in [0.5, 0.6) is 5.88 Å². The van der Waals surface area contributed by atoms with Crippen molar-refractivity contribution >= 4 is 17.5 Å². The fourth-order valence-corrected chi connectivity index (χ4v) is 1.06. The van der Waals surface area contributed by atoms with Gasteiger partial charge in [0.2, 0.25) is 5.88 Å². The number of ether oxygens (including phenoxy) is 1. The number of hydrogen-bond acceptors (Lipinski definition) is 3. The van der Waals surface area contributed by atoms with Gasteiger partial charge in [0.1, 0.15) is 5.56 Å². The zero-order chi connectivity index (χ0) is 11.4. The molecular formula is C8H7ClF2N2O2. The van der Waals surface area contributed by atoms with Crippen LogP contribution in [0.1, 0.15) is 10.4 Å². The maximum absolute atomic E-state index is 11.9. The second-order valence-corrected chi connectivity index (χ2v) is 2.90. The average Bonchev–Trinajstić information content (AvgIpc) is 2.19. The first-order valence-electron chi connectivity index (χ1n) is 3.87. The molecule has 1 aromatic heterocycles. The quantitative estimate of drug-likeness (QED) is 0.869. The molecule has 0 aliphatic carbocycles. The molecule has 0 unspecified atom stereocenters. The zero-order valence-corrected chi connectivity index (χ0v) is 8.39. The van der Waals surface area contributed by atoms with E-state index in [4.69, 9.17) is 11.6 Å². The average molecular weight is 237 g/mol. The molecule has 0 saturated carbocycles. The van der Waals surface area contributed by atoms with Crippen LogP contribution in [0.4, 0.5) is 8.78 Å². The van der Waals surface area contributed by atoms with E-state index in [1.54, 1.807) is 0 Å². The monoisotopic (exact) mass is 236 g/mol. The first kappa shape index (κ1) is 11.6. The third-order valence-corrected chi connectivity index (χ3v) is 1.70. The molecule has 0 spiro atoms. The molecular weight excluding hydrogens is 230 g/mol. The summed E-state index contributed by atoms with van der Waals surface area (Å²) in [6.45, 7) is -3.04. The van der Waals surface area contributed by atoms with Crippen LogP contribution >= 0.6 is 11.6 Å². The number of carbonyl (C=O) groups excluding carboxylic acids is 1. The van der Waals surface area contributed by atoms with Gasteiger partial charge in [-0.15, -0.1) is 0 Å². The van der Waals surface area contributed by atoms with Crippen LogP contribution in [0.2, 0.25) is 5.02 Å². The largest absolute Gasteiger partial charge is 0.416 e. The number of rotatable bonds is 3. The SMILES string of the molecule is CNC(=O)c1cc(Cl)cnc1OC(F)F. The van der Waals surface area contributed by atoms with Gasteiger partial charge >= 0.3 is 6.61 Å². The normalized spacial score (nSPS) is 10.2. The van der Waals surface area contributed by atoms with Gasteiger partial charge in [-0.3, -0.25) is 4.79 Å². The molecule has 1 rings (SSSR count). The van der Waals surface area contributed by atoms with Crippen molar-refractivity contribution in [3.63, 3.8) is 0 Å². The summed E-state index contributed by atoms with van der Waals surface area (Å²) in [7, 11) is 1.36. The molecule has 1 N–H and O–H groups in total. The first-order chi connectivity index (χ1) is 7.04. The highest BCUT2D eigenvalue weighted by atomic mass is 35.5. The highest BCUT2D eigenvalue weighted by molar-refractivity contribution is 6.30. The first-order valence-corrected chi connectivity index (χ1v) is 4.25. The molecule has 1 heterocycles. The van der Waals surface area contributed by atoms with Gasteiger partial charge in [-0.05, 0) is 6.07 Å². The fourth-order valence-electron chi connectivity index (χ4n) is 0.902. The summed E-state index contributed by atoms with van der Waals surface area (Å²) in [6, 6.07) is 1.20. The number of carbonyl (C=O) groups is 1. The van der Waals surface area contributed by atoms with Gasteiger partial charge in [-0.25, -0.2) is 4.98 Å². The Hall–Kier alpha value is -1.43. The molecule has 0 radical (unpaired) electrons. The predicted octanol–water partition coefficient (Wildman–Crippen LogP) is 1.70. The van der Waals surface area contributed by atoms with Crippen molar-refractivity contribution in [2.45, 2.75) is 6.61 Å². The van der Waals surface area contributed by atoms with Gasteiger partial charge in [-0.2, -0.15) is 8.78 Å². The lowest BCUT2D eigenvalue weighted by molar-refractivity contribution is -0.0531. The molecule has 0 bridgehead atoms.